The van der Waals surface area contributed by atoms with E-state index in [-0.39, 0.29) is 48.1 Å². The van der Waals surface area contributed by atoms with E-state index in [0.717, 1.165) is 67.3 Å². The van der Waals surface area contributed by atoms with Crippen molar-refractivity contribution in [2.24, 2.45) is 0 Å². The van der Waals surface area contributed by atoms with Gasteiger partial charge in [0.15, 0.2) is 0 Å². The molecule has 8 aromatic carbocycles. The number of nitrogens with zero attached hydrogens (tertiary/aromatic N) is 6. The molecule has 0 spiro atoms. The van der Waals surface area contributed by atoms with E-state index in [1.54, 1.807) is 0 Å². The number of aliphatic hydroxyl groups is 8. The summed E-state index contributed by atoms with van der Waals surface area (Å²) in [4.78, 5) is 18.7. The maximum Gasteiger partial charge on any atom is 0.130 e. The maximum atomic E-state index is 12.6. The van der Waals surface area contributed by atoms with Gasteiger partial charge in [0.25, 0.3) is 0 Å². The fourth-order valence-corrected chi connectivity index (χ4v) is 15.9. The molecule has 7 unspecified atom stereocenters. The molecule has 510 valence electrons. The molecular formula is C83H90N6NiO8. The monoisotopic (exact) mass is 1360 g/mol. The first-order chi connectivity index (χ1) is 46.7. The van der Waals surface area contributed by atoms with E-state index in [4.69, 9.17) is 9.97 Å². The van der Waals surface area contributed by atoms with Crippen LogP contribution in [0.1, 0.15) is 100 Å². The zero-order valence-corrected chi connectivity index (χ0v) is 55.2. The third-order valence-electron chi connectivity index (χ3n) is 20.4. The van der Waals surface area contributed by atoms with Crippen molar-refractivity contribution in [3.05, 3.63) is 346 Å². The van der Waals surface area contributed by atoms with Crippen LogP contribution in [0.4, 0.5) is 0 Å². The normalized spacial score (nSPS) is 21.8. The van der Waals surface area contributed by atoms with Crippen LogP contribution in [0.15, 0.2) is 279 Å². The second-order valence-corrected chi connectivity index (χ2v) is 26.6. The Balaban J connectivity index is 0.000000194. The summed E-state index contributed by atoms with van der Waals surface area (Å²) >= 11 is 0. The molecular weight excluding hydrogens is 1270 g/mol. The zero-order chi connectivity index (χ0) is 66.3. The minimum absolute atomic E-state index is 0. The van der Waals surface area contributed by atoms with Crippen molar-refractivity contribution in [2.75, 3.05) is 26.2 Å². The summed E-state index contributed by atoms with van der Waals surface area (Å²) in [7, 11) is 0. The molecule has 14 nitrogen and oxygen atoms in total. The average Bonchev–Trinajstić information content (AvgIpc) is 1.45. The van der Waals surface area contributed by atoms with Gasteiger partial charge in [0.1, 0.15) is 22.4 Å². The molecule has 10 aromatic rings. The van der Waals surface area contributed by atoms with Crippen LogP contribution in [0, 0.1) is 0 Å². The Morgan fingerprint density at radius 1 is 0.255 bits per heavy atom. The summed E-state index contributed by atoms with van der Waals surface area (Å²) in [5, 5.41) is 94.0. The molecule has 4 aliphatic heterocycles. The minimum Gasteiger partial charge on any atom is -0.392 e. The molecule has 4 aliphatic rings. The van der Waals surface area contributed by atoms with Crippen LogP contribution in [0.25, 0.3) is 0 Å². The molecule has 2 aromatic heterocycles. The van der Waals surface area contributed by atoms with Crippen molar-refractivity contribution in [1.82, 2.24) is 29.6 Å². The first kappa shape index (κ1) is 71.4. The molecule has 98 heavy (non-hydrogen) atoms. The number of hydrogen-bond donors (Lipinski definition) is 8. The summed E-state index contributed by atoms with van der Waals surface area (Å²) in [6.45, 7) is 3.45. The molecule has 8 atom stereocenters. The Kier molecular flexibility index (Phi) is 22.9. The van der Waals surface area contributed by atoms with Gasteiger partial charge in [0.2, 0.25) is 0 Å². The van der Waals surface area contributed by atoms with Gasteiger partial charge in [-0.2, -0.15) is 0 Å². The number of aliphatic hydroxyl groups excluding tert-OH is 4. The Morgan fingerprint density at radius 2 is 0.408 bits per heavy atom. The van der Waals surface area contributed by atoms with E-state index < -0.39 is 46.8 Å². The van der Waals surface area contributed by atoms with Crippen molar-refractivity contribution in [2.45, 2.75) is 130 Å². The van der Waals surface area contributed by atoms with E-state index in [1.807, 2.05) is 279 Å². The molecule has 14 rings (SSSR count). The molecule has 0 amide bonds. The second-order valence-electron chi connectivity index (χ2n) is 26.6. The van der Waals surface area contributed by atoms with Crippen LogP contribution in [0.3, 0.4) is 0 Å². The van der Waals surface area contributed by atoms with Gasteiger partial charge >= 0.3 is 0 Å². The van der Waals surface area contributed by atoms with Crippen LogP contribution in [-0.4, -0.2) is 145 Å². The number of aromatic nitrogens is 2. The van der Waals surface area contributed by atoms with Crippen molar-refractivity contribution in [1.29, 1.82) is 0 Å². The van der Waals surface area contributed by atoms with Crippen LogP contribution >= 0.6 is 0 Å². The molecule has 0 bridgehead atoms. The predicted molar refractivity (Wildman–Crippen MR) is 378 cm³/mol. The second kappa shape index (κ2) is 31.5. The fourth-order valence-electron chi connectivity index (χ4n) is 15.9. The van der Waals surface area contributed by atoms with E-state index in [0.29, 0.717) is 78.0 Å². The van der Waals surface area contributed by atoms with E-state index in [1.165, 1.54) is 0 Å². The van der Waals surface area contributed by atoms with Crippen LogP contribution in [0.5, 0.6) is 0 Å². The molecule has 6 heterocycles. The van der Waals surface area contributed by atoms with Crippen molar-refractivity contribution < 1.29 is 57.3 Å². The maximum absolute atomic E-state index is 12.6. The Labute approximate surface area is 586 Å². The van der Waals surface area contributed by atoms with Gasteiger partial charge < -0.3 is 40.9 Å². The van der Waals surface area contributed by atoms with Gasteiger partial charge in [-0.3, -0.25) is 29.6 Å². The first-order valence-electron chi connectivity index (χ1n) is 33.6. The third kappa shape index (κ3) is 14.8. The van der Waals surface area contributed by atoms with Gasteiger partial charge in [-0.1, -0.05) is 262 Å². The van der Waals surface area contributed by atoms with E-state index >= 15 is 0 Å². The SMILES string of the molecule is C.OC1CC(C(O)(c2ccccc2)c2ccccc2)N(Cc2cccc(CN3CC(O)CC3C(O)(c3ccccc3)c3ccccc3)n2)C1.OC1CC(C(O)(c2ccccc2)c2ccccc2)N(Cc2cccc(CN3CC(O)C[C@@H]3C(O)(c3ccccc3)c3ccccc3)n2)C1.[Ni]. The largest absolute Gasteiger partial charge is 0.392 e. The van der Waals surface area contributed by atoms with Gasteiger partial charge in [0, 0.05) is 93.0 Å². The van der Waals surface area contributed by atoms with Gasteiger partial charge in [-0.15, -0.1) is 0 Å². The summed E-state index contributed by atoms with van der Waals surface area (Å²) in [6, 6.07) is 88.0. The van der Waals surface area contributed by atoms with Gasteiger partial charge in [-0.05, 0) is 94.5 Å². The smallest absolute Gasteiger partial charge is 0.130 e. The van der Waals surface area contributed by atoms with Crippen molar-refractivity contribution in [3.63, 3.8) is 0 Å². The quantitative estimate of drug-likeness (QED) is 0.0335. The molecule has 0 saturated carbocycles. The fraction of sp³-hybridized carbons (Fsp3) is 0.301. The molecule has 0 aliphatic carbocycles. The molecule has 0 radical (unpaired) electrons. The Bertz CT molecular complexity index is 3410. The first-order valence-corrected chi connectivity index (χ1v) is 33.6. The van der Waals surface area contributed by atoms with Crippen LogP contribution in [-0.2, 0) is 65.1 Å². The van der Waals surface area contributed by atoms with Gasteiger partial charge in [-0.25, -0.2) is 0 Å². The summed E-state index contributed by atoms with van der Waals surface area (Å²) in [6.07, 6.45) is -0.656. The van der Waals surface area contributed by atoms with Crippen LogP contribution in [0.2, 0.25) is 0 Å². The standard InChI is InChI=1S/2C41H43N3O4.CH4.Ni/c2*45-36-24-38(40(47,30-14-5-1-6-15-30)31-16-7-2-8-17-31)43(28-36)26-34-22-13-23-35(42-34)27-44-29-37(46)25-39(44)41(48,32-18-9-3-10-19-32)33-20-11-4-12-21-33;;/h2*1-23,36-39,45-48H,24-29H2;1H4;/t36?,37?,38-,39?;;;/m1.../s1. The number of hydrogen-bond acceptors (Lipinski definition) is 14. The number of pyridine rings is 2. The summed E-state index contributed by atoms with van der Waals surface area (Å²) in [5.41, 5.74) is 4.22. The Morgan fingerprint density at radius 3 is 0.561 bits per heavy atom. The van der Waals surface area contributed by atoms with E-state index in [9.17, 15) is 40.9 Å². The zero-order valence-electron chi connectivity index (χ0n) is 54.2. The van der Waals surface area contributed by atoms with Crippen LogP contribution < -0.4 is 0 Å². The minimum atomic E-state index is -1.34. The summed E-state index contributed by atoms with van der Waals surface area (Å²) in [5.74, 6) is 0. The molecule has 4 fully saturated rings. The number of benzene rings is 8. The molecule has 4 saturated heterocycles. The topological polar surface area (TPSA) is 201 Å². The third-order valence-corrected chi connectivity index (χ3v) is 20.4. The number of β-amino-alcohol motifs (C(OH)–C–C–N with tert-alkyl or cyclic N) is 4. The summed E-state index contributed by atoms with van der Waals surface area (Å²) < 4.78 is 0. The van der Waals surface area contributed by atoms with Gasteiger partial charge in [0.05, 0.1) is 47.2 Å². The molecule has 8 N–H and O–H groups in total. The molecule has 15 heteroatoms. The van der Waals surface area contributed by atoms with Crippen molar-refractivity contribution in [3.8, 4) is 0 Å². The van der Waals surface area contributed by atoms with Crippen molar-refractivity contribution >= 4 is 0 Å². The predicted octanol–water partition coefficient (Wildman–Crippen LogP) is 10.3. The van der Waals surface area contributed by atoms with E-state index in [2.05, 4.69) is 19.6 Å². The number of rotatable bonds is 20. The average molecular weight is 1360 g/mol. The number of likely N-dealkylation sites (tertiary alicyclic amines) is 4. The Hall–Kier alpha value is -7.93.